The number of aryl methyl sites for hydroxylation is 1. The predicted octanol–water partition coefficient (Wildman–Crippen LogP) is 2.93. The van der Waals surface area contributed by atoms with Crippen LogP contribution in [-0.2, 0) is 14.8 Å². The smallest absolute Gasteiger partial charge is 0.108 e. The van der Waals surface area contributed by atoms with Gasteiger partial charge in [-0.3, -0.25) is 8.37 Å². The fraction of sp³-hybridized carbons (Fsp3) is 0.500. The Hall–Kier alpha value is -0.510. The average molecular weight is 226 g/mol. The van der Waals surface area contributed by atoms with E-state index in [9.17, 15) is 0 Å². The number of benzene rings is 1. The second-order valence-electron chi connectivity index (χ2n) is 4.17. The van der Waals surface area contributed by atoms with Crippen LogP contribution in [0, 0.1) is 0 Å². The van der Waals surface area contributed by atoms with Crippen LogP contribution in [0.5, 0.6) is 0 Å². The van der Waals surface area contributed by atoms with Crippen LogP contribution in [0.2, 0.25) is 0 Å². The first-order valence-electron chi connectivity index (χ1n) is 5.25. The molecule has 3 heteroatoms. The van der Waals surface area contributed by atoms with E-state index in [1.54, 1.807) is 0 Å². The molecule has 0 aromatic heterocycles. The first-order chi connectivity index (χ1) is 7.16. The maximum absolute atomic E-state index is 5.83. The number of hydrogen-bond donors (Lipinski definition) is 0. The molecule has 1 atom stereocenters. The van der Waals surface area contributed by atoms with Crippen molar-refractivity contribution in [3.05, 3.63) is 35.9 Å². The summed E-state index contributed by atoms with van der Waals surface area (Å²) in [7, 11) is -1.20. The lowest BCUT2D eigenvalue weighted by Gasteiger charge is -2.27. The van der Waals surface area contributed by atoms with E-state index in [1.807, 2.05) is 6.07 Å². The highest BCUT2D eigenvalue weighted by molar-refractivity contribution is 8.24. The SMILES string of the molecule is CS1(C)OC[C@H](CCc2ccccc2)O1. The Morgan fingerprint density at radius 3 is 2.60 bits per heavy atom. The van der Waals surface area contributed by atoms with Crippen molar-refractivity contribution in [3.63, 3.8) is 0 Å². The van der Waals surface area contributed by atoms with Gasteiger partial charge in [0.15, 0.2) is 0 Å². The lowest BCUT2D eigenvalue weighted by Crippen LogP contribution is -2.10. The van der Waals surface area contributed by atoms with Gasteiger partial charge in [0.2, 0.25) is 0 Å². The molecule has 1 aliphatic rings. The molecule has 2 rings (SSSR count). The molecule has 0 radical (unpaired) electrons. The zero-order valence-electron chi connectivity index (χ0n) is 9.31. The van der Waals surface area contributed by atoms with Crippen LogP contribution < -0.4 is 0 Å². The molecule has 0 saturated carbocycles. The van der Waals surface area contributed by atoms with Crippen LogP contribution in [-0.4, -0.2) is 25.2 Å². The van der Waals surface area contributed by atoms with Crippen molar-refractivity contribution < 1.29 is 8.37 Å². The summed E-state index contributed by atoms with van der Waals surface area (Å²) < 4.78 is 11.4. The van der Waals surface area contributed by atoms with Crippen LogP contribution in [0.15, 0.2) is 30.3 Å². The van der Waals surface area contributed by atoms with E-state index in [0.29, 0.717) is 0 Å². The van der Waals surface area contributed by atoms with Crippen molar-refractivity contribution in [1.29, 1.82) is 0 Å². The van der Waals surface area contributed by atoms with Crippen molar-refractivity contribution in [1.82, 2.24) is 0 Å². The summed E-state index contributed by atoms with van der Waals surface area (Å²) in [5.74, 6) is 0. The Balaban J connectivity index is 1.80. The molecule has 1 aromatic rings. The van der Waals surface area contributed by atoms with E-state index in [2.05, 4.69) is 36.8 Å². The van der Waals surface area contributed by atoms with Gasteiger partial charge in [0.25, 0.3) is 0 Å². The molecule has 0 spiro atoms. The Bertz CT molecular complexity index is 311. The highest BCUT2D eigenvalue weighted by Gasteiger charge is 2.26. The van der Waals surface area contributed by atoms with Gasteiger partial charge in [0.05, 0.1) is 6.61 Å². The number of hydrogen-bond acceptors (Lipinski definition) is 2. The van der Waals surface area contributed by atoms with Crippen molar-refractivity contribution in [3.8, 4) is 0 Å². The van der Waals surface area contributed by atoms with E-state index in [1.165, 1.54) is 5.56 Å². The molecule has 1 heterocycles. The Kier molecular flexibility index (Phi) is 3.34. The van der Waals surface area contributed by atoms with Gasteiger partial charge in [0, 0.05) is 12.5 Å². The monoisotopic (exact) mass is 226 g/mol. The second-order valence-corrected chi connectivity index (χ2v) is 6.88. The molecule has 15 heavy (non-hydrogen) atoms. The molecule has 1 fully saturated rings. The van der Waals surface area contributed by atoms with Crippen LogP contribution in [0.4, 0.5) is 0 Å². The zero-order chi connectivity index (χ0) is 10.7. The molecular weight excluding hydrogens is 208 g/mol. The summed E-state index contributed by atoms with van der Waals surface area (Å²) in [6.07, 6.45) is 6.52. The maximum Gasteiger partial charge on any atom is 0.108 e. The van der Waals surface area contributed by atoms with Crippen LogP contribution in [0.1, 0.15) is 12.0 Å². The minimum Gasteiger partial charge on any atom is -0.282 e. The summed E-state index contributed by atoms with van der Waals surface area (Å²) in [6, 6.07) is 10.5. The van der Waals surface area contributed by atoms with Gasteiger partial charge in [-0.1, -0.05) is 30.3 Å². The molecular formula is C12H18O2S. The molecule has 0 N–H and O–H groups in total. The highest BCUT2D eigenvalue weighted by atomic mass is 32.3. The zero-order valence-corrected chi connectivity index (χ0v) is 10.1. The van der Waals surface area contributed by atoms with Gasteiger partial charge < -0.3 is 0 Å². The second kappa shape index (κ2) is 4.56. The minimum atomic E-state index is -1.20. The van der Waals surface area contributed by atoms with Gasteiger partial charge in [0.1, 0.15) is 6.10 Å². The fourth-order valence-corrected chi connectivity index (χ4v) is 3.07. The van der Waals surface area contributed by atoms with E-state index >= 15 is 0 Å². The highest BCUT2D eigenvalue weighted by Crippen LogP contribution is 2.49. The maximum atomic E-state index is 5.83. The van der Waals surface area contributed by atoms with Crippen LogP contribution >= 0.6 is 10.6 Å². The Morgan fingerprint density at radius 2 is 2.00 bits per heavy atom. The third-order valence-corrected chi connectivity index (χ3v) is 3.94. The molecule has 0 aliphatic carbocycles. The van der Waals surface area contributed by atoms with Gasteiger partial charge >= 0.3 is 0 Å². The molecule has 0 bridgehead atoms. The molecule has 0 unspecified atom stereocenters. The molecule has 1 aliphatic heterocycles. The minimum absolute atomic E-state index is 0.287. The Labute approximate surface area is 93.3 Å². The van der Waals surface area contributed by atoms with E-state index in [4.69, 9.17) is 8.37 Å². The van der Waals surface area contributed by atoms with Crippen molar-refractivity contribution >= 4 is 10.6 Å². The van der Waals surface area contributed by atoms with E-state index in [-0.39, 0.29) is 6.10 Å². The molecule has 0 amide bonds. The summed E-state index contributed by atoms with van der Waals surface area (Å²) in [5.41, 5.74) is 1.38. The summed E-state index contributed by atoms with van der Waals surface area (Å²) in [5, 5.41) is 0. The Morgan fingerprint density at radius 1 is 1.27 bits per heavy atom. The van der Waals surface area contributed by atoms with E-state index < -0.39 is 10.6 Å². The standard InChI is InChI=1S/C12H18O2S/c1-15(2)13-10-12(14-15)9-8-11-6-4-3-5-7-11/h3-7,12H,8-10H2,1-2H3/t12-/m0/s1. The third kappa shape index (κ3) is 3.23. The molecule has 1 aromatic carbocycles. The normalized spacial score (nSPS) is 26.4. The van der Waals surface area contributed by atoms with Gasteiger partial charge in [-0.2, -0.15) is 10.6 Å². The first-order valence-corrected chi connectivity index (χ1v) is 7.55. The van der Waals surface area contributed by atoms with Crippen molar-refractivity contribution in [2.75, 3.05) is 19.1 Å². The topological polar surface area (TPSA) is 18.5 Å². The lowest BCUT2D eigenvalue weighted by molar-refractivity contribution is 0.229. The summed E-state index contributed by atoms with van der Waals surface area (Å²) in [4.78, 5) is 0. The van der Waals surface area contributed by atoms with Crippen molar-refractivity contribution in [2.45, 2.75) is 18.9 Å². The first kappa shape index (κ1) is 11.0. The molecule has 84 valence electrons. The van der Waals surface area contributed by atoms with E-state index in [0.717, 1.165) is 19.4 Å². The van der Waals surface area contributed by atoms with Gasteiger partial charge in [-0.05, 0) is 18.4 Å². The largest absolute Gasteiger partial charge is 0.282 e. The van der Waals surface area contributed by atoms with Gasteiger partial charge in [-0.15, -0.1) is 0 Å². The lowest BCUT2D eigenvalue weighted by atomic mass is 10.1. The van der Waals surface area contributed by atoms with Gasteiger partial charge in [-0.25, -0.2) is 0 Å². The van der Waals surface area contributed by atoms with Crippen LogP contribution in [0.3, 0.4) is 0 Å². The summed E-state index contributed by atoms with van der Waals surface area (Å²) in [6.45, 7) is 0.759. The molecule has 1 saturated heterocycles. The molecule has 2 nitrogen and oxygen atoms in total. The predicted molar refractivity (Wildman–Crippen MR) is 65.0 cm³/mol. The average Bonchev–Trinajstić information content (AvgIpc) is 2.57. The quantitative estimate of drug-likeness (QED) is 0.789. The third-order valence-electron chi connectivity index (χ3n) is 2.50. The number of rotatable bonds is 3. The fourth-order valence-electron chi connectivity index (χ4n) is 1.73. The summed E-state index contributed by atoms with van der Waals surface area (Å²) >= 11 is 0. The van der Waals surface area contributed by atoms with Crippen LogP contribution in [0.25, 0.3) is 0 Å². The van der Waals surface area contributed by atoms with Crippen molar-refractivity contribution in [2.24, 2.45) is 0 Å².